The first-order chi connectivity index (χ1) is 7.41. The number of unbranched alkanes of at least 4 members (excludes halogenated alkanes) is 8. The topological polar surface area (TPSA) is 0 Å². The molecule has 0 radical (unpaired) electrons. The van der Waals surface area contributed by atoms with E-state index in [4.69, 9.17) is 11.6 Å². The summed E-state index contributed by atoms with van der Waals surface area (Å²) >= 11 is 5.16. The van der Waals surface area contributed by atoms with Crippen molar-refractivity contribution in [3.05, 3.63) is 0 Å². The van der Waals surface area contributed by atoms with Gasteiger partial charge in [0.25, 0.3) is 0 Å². The Balaban J connectivity index is 3.05. The van der Waals surface area contributed by atoms with Gasteiger partial charge in [0.05, 0.1) is 0 Å². The first-order valence-corrected chi connectivity index (χ1v) is 6.38. The van der Waals surface area contributed by atoms with Crippen molar-refractivity contribution >= 4 is 11.6 Å². The summed E-state index contributed by atoms with van der Waals surface area (Å²) in [6.07, 6.45) is 11.7. The van der Waals surface area contributed by atoms with Crippen molar-refractivity contribution in [3.8, 4) is 23.1 Å². The fourth-order valence-electron chi connectivity index (χ4n) is 1.48. The molecule has 0 N–H and O–H groups in total. The average molecular weight is 225 g/mol. The third kappa shape index (κ3) is 13.4. The Morgan fingerprint density at radius 1 is 0.800 bits per heavy atom. The molecule has 0 aliphatic rings. The molecule has 0 unspecified atom stereocenters. The average Bonchev–Trinajstić information content (AvgIpc) is 2.26. The zero-order valence-electron chi connectivity index (χ0n) is 9.74. The van der Waals surface area contributed by atoms with Crippen molar-refractivity contribution < 1.29 is 0 Å². The third-order valence-electron chi connectivity index (χ3n) is 2.35. The molecule has 0 fully saturated rings. The maximum Gasteiger partial charge on any atom is 0.0184 e. The van der Waals surface area contributed by atoms with E-state index in [9.17, 15) is 0 Å². The van der Waals surface area contributed by atoms with Gasteiger partial charge >= 0.3 is 0 Å². The molecule has 0 saturated heterocycles. The Hall–Kier alpha value is -0.590. The maximum absolute atomic E-state index is 5.16. The summed E-state index contributed by atoms with van der Waals surface area (Å²) in [6, 6.07) is 0. The van der Waals surface area contributed by atoms with Gasteiger partial charge in [0.15, 0.2) is 0 Å². The molecule has 0 amide bonds. The van der Waals surface area contributed by atoms with Gasteiger partial charge in [0, 0.05) is 17.7 Å². The van der Waals surface area contributed by atoms with E-state index in [1.54, 1.807) is 0 Å². The van der Waals surface area contributed by atoms with Gasteiger partial charge in [-0.05, 0) is 23.9 Å². The largest absolute Gasteiger partial charge is 0.0891 e. The maximum atomic E-state index is 5.16. The summed E-state index contributed by atoms with van der Waals surface area (Å²) in [5, 5.41) is 2.25. The molecule has 0 aromatic carbocycles. The van der Waals surface area contributed by atoms with Crippen LogP contribution >= 0.6 is 11.6 Å². The lowest BCUT2D eigenvalue weighted by atomic mass is 10.1. The number of hydrogen-bond donors (Lipinski definition) is 0. The second-order valence-electron chi connectivity index (χ2n) is 3.75. The van der Waals surface area contributed by atoms with Crippen LogP contribution < -0.4 is 0 Å². The van der Waals surface area contributed by atoms with Crippen LogP contribution in [0.4, 0.5) is 0 Å². The van der Waals surface area contributed by atoms with Crippen molar-refractivity contribution in [1.82, 2.24) is 0 Å². The highest BCUT2D eigenvalue weighted by Crippen LogP contribution is 2.08. The van der Waals surface area contributed by atoms with Gasteiger partial charge in [-0.25, -0.2) is 0 Å². The van der Waals surface area contributed by atoms with E-state index in [1.165, 1.54) is 51.4 Å². The molecule has 0 rings (SSSR count). The lowest BCUT2D eigenvalue weighted by Crippen LogP contribution is -1.79. The number of hydrogen-bond acceptors (Lipinski definition) is 0. The molecular formula is C14H21Cl. The molecule has 0 saturated carbocycles. The molecule has 0 aromatic rings. The predicted octanol–water partition coefficient (Wildman–Crippen LogP) is 4.72. The molecule has 0 atom stereocenters. The Kier molecular flexibility index (Phi) is 12.9. The van der Waals surface area contributed by atoms with Gasteiger partial charge in [-0.2, -0.15) is 0 Å². The first-order valence-electron chi connectivity index (χ1n) is 6.00. The Morgan fingerprint density at radius 2 is 1.40 bits per heavy atom. The second-order valence-corrected chi connectivity index (χ2v) is 3.94. The normalized spacial score (nSPS) is 8.67. The Bertz CT molecular complexity index is 234. The molecule has 0 bridgehead atoms. The monoisotopic (exact) mass is 224 g/mol. The van der Waals surface area contributed by atoms with E-state index >= 15 is 0 Å². The van der Waals surface area contributed by atoms with Crippen molar-refractivity contribution in [3.63, 3.8) is 0 Å². The number of rotatable bonds is 8. The Labute approximate surface area is 99.8 Å². The summed E-state index contributed by atoms with van der Waals surface area (Å²) in [4.78, 5) is 0. The molecule has 0 nitrogen and oxygen atoms in total. The quantitative estimate of drug-likeness (QED) is 0.414. The van der Waals surface area contributed by atoms with Crippen molar-refractivity contribution in [1.29, 1.82) is 0 Å². The summed E-state index contributed by atoms with van der Waals surface area (Å²) in [5.74, 6) is 8.23. The standard InChI is InChI=1S/C14H21Cl/c1-2-3-4-5-6-7-8-9-10-11-12-13-14-15/h2-10H2,1H3. The summed E-state index contributed by atoms with van der Waals surface area (Å²) in [5.41, 5.74) is 0. The molecule has 0 aliphatic heterocycles. The molecule has 0 aromatic heterocycles. The molecule has 0 aliphatic carbocycles. The molecule has 0 heterocycles. The summed E-state index contributed by atoms with van der Waals surface area (Å²) in [6.45, 7) is 2.25. The van der Waals surface area contributed by atoms with Crippen LogP contribution in [-0.2, 0) is 0 Å². The molecule has 0 spiro atoms. The minimum atomic E-state index is 0.959. The van der Waals surface area contributed by atoms with Crippen molar-refractivity contribution in [2.24, 2.45) is 0 Å². The lowest BCUT2D eigenvalue weighted by molar-refractivity contribution is 0.579. The van der Waals surface area contributed by atoms with Crippen molar-refractivity contribution in [2.75, 3.05) is 0 Å². The molecule has 1 heteroatoms. The second kappa shape index (κ2) is 13.4. The smallest absolute Gasteiger partial charge is 0.0184 e. The van der Waals surface area contributed by atoms with Crippen LogP contribution in [0.25, 0.3) is 0 Å². The zero-order chi connectivity index (χ0) is 11.2. The van der Waals surface area contributed by atoms with Gasteiger partial charge in [-0.15, -0.1) is 0 Å². The van der Waals surface area contributed by atoms with Crippen LogP contribution in [0, 0.1) is 23.1 Å². The van der Waals surface area contributed by atoms with Crippen LogP contribution in [0.2, 0.25) is 0 Å². The molecule has 15 heavy (non-hydrogen) atoms. The minimum absolute atomic E-state index is 0.959. The van der Waals surface area contributed by atoms with Crippen LogP contribution in [0.1, 0.15) is 64.7 Å². The van der Waals surface area contributed by atoms with Crippen LogP contribution in [0.3, 0.4) is 0 Å². The van der Waals surface area contributed by atoms with Crippen LogP contribution in [0.15, 0.2) is 0 Å². The van der Waals surface area contributed by atoms with Crippen LogP contribution in [0.5, 0.6) is 0 Å². The van der Waals surface area contributed by atoms with E-state index in [-0.39, 0.29) is 0 Å². The van der Waals surface area contributed by atoms with Gasteiger partial charge < -0.3 is 0 Å². The molecule has 84 valence electrons. The molecular weight excluding hydrogens is 204 g/mol. The van der Waals surface area contributed by atoms with Gasteiger partial charge in [0.2, 0.25) is 0 Å². The van der Waals surface area contributed by atoms with E-state index in [1.807, 2.05) is 0 Å². The van der Waals surface area contributed by atoms with Crippen LogP contribution in [-0.4, -0.2) is 0 Å². The van der Waals surface area contributed by atoms with Gasteiger partial charge in [-0.3, -0.25) is 0 Å². The van der Waals surface area contributed by atoms with E-state index in [2.05, 4.69) is 30.1 Å². The highest BCUT2D eigenvalue weighted by Gasteiger charge is 1.89. The third-order valence-corrected chi connectivity index (χ3v) is 2.45. The fourth-order valence-corrected chi connectivity index (χ4v) is 1.52. The highest BCUT2D eigenvalue weighted by atomic mass is 35.5. The first kappa shape index (κ1) is 14.4. The van der Waals surface area contributed by atoms with E-state index < -0.39 is 0 Å². The fraction of sp³-hybridized carbons (Fsp3) is 0.714. The lowest BCUT2D eigenvalue weighted by Gasteiger charge is -1.98. The number of halogens is 1. The van der Waals surface area contributed by atoms with E-state index in [0.717, 1.165) is 6.42 Å². The minimum Gasteiger partial charge on any atom is -0.0891 e. The highest BCUT2D eigenvalue weighted by molar-refractivity contribution is 6.30. The van der Waals surface area contributed by atoms with E-state index in [0.29, 0.717) is 0 Å². The zero-order valence-corrected chi connectivity index (χ0v) is 10.5. The van der Waals surface area contributed by atoms with Crippen molar-refractivity contribution in [2.45, 2.75) is 64.7 Å². The van der Waals surface area contributed by atoms with Gasteiger partial charge in [-0.1, -0.05) is 57.8 Å². The van der Waals surface area contributed by atoms with Gasteiger partial charge in [0.1, 0.15) is 0 Å². The summed E-state index contributed by atoms with van der Waals surface area (Å²) in [7, 11) is 0. The summed E-state index contributed by atoms with van der Waals surface area (Å²) < 4.78 is 0. The SMILES string of the molecule is CCCCCCCCCCC#CC#CCl. The Morgan fingerprint density at radius 3 is 2.00 bits per heavy atom. The predicted molar refractivity (Wildman–Crippen MR) is 68.6 cm³/mol.